The second kappa shape index (κ2) is 6.43. The molecule has 2 rings (SSSR count). The second-order valence-electron chi connectivity index (χ2n) is 4.50. The quantitative estimate of drug-likeness (QED) is 0.868. The Morgan fingerprint density at radius 1 is 1.37 bits per heavy atom. The third-order valence-corrected chi connectivity index (χ3v) is 3.17. The molecule has 0 saturated heterocycles. The predicted octanol–water partition coefficient (Wildman–Crippen LogP) is 2.24. The number of hydrogen-bond donors (Lipinski definition) is 1. The van der Waals surface area contributed by atoms with Gasteiger partial charge in [0, 0.05) is 25.0 Å². The molecule has 1 unspecified atom stereocenters. The number of halogens is 1. The van der Waals surface area contributed by atoms with Crippen molar-refractivity contribution < 1.29 is 4.39 Å². The summed E-state index contributed by atoms with van der Waals surface area (Å²) in [4.78, 5) is 4.16. The molecule has 5 heteroatoms. The fourth-order valence-corrected chi connectivity index (χ4v) is 2.13. The zero-order chi connectivity index (χ0) is 13.7. The van der Waals surface area contributed by atoms with Crippen LogP contribution in [0.4, 0.5) is 4.39 Å². The van der Waals surface area contributed by atoms with E-state index in [1.54, 1.807) is 12.3 Å². The molecule has 0 fully saturated rings. The highest BCUT2D eigenvalue weighted by atomic mass is 19.1. The van der Waals surface area contributed by atoms with Gasteiger partial charge in [0.05, 0.1) is 11.9 Å². The highest BCUT2D eigenvalue weighted by Gasteiger charge is 2.12. The van der Waals surface area contributed by atoms with Crippen molar-refractivity contribution in [2.45, 2.75) is 25.8 Å². The van der Waals surface area contributed by atoms with Crippen LogP contribution < -0.4 is 5.32 Å². The van der Waals surface area contributed by atoms with Gasteiger partial charge in [0.25, 0.3) is 0 Å². The van der Waals surface area contributed by atoms with E-state index in [0.717, 1.165) is 25.1 Å². The van der Waals surface area contributed by atoms with E-state index >= 15 is 0 Å². The highest BCUT2D eigenvalue weighted by Crippen LogP contribution is 2.17. The van der Waals surface area contributed by atoms with Gasteiger partial charge in [0.15, 0.2) is 0 Å². The zero-order valence-electron chi connectivity index (χ0n) is 11.3. The zero-order valence-corrected chi connectivity index (χ0v) is 11.3. The average molecular weight is 262 g/mol. The smallest absolute Gasteiger partial charge is 0.141 e. The van der Waals surface area contributed by atoms with Gasteiger partial charge in [0.1, 0.15) is 5.82 Å². The van der Waals surface area contributed by atoms with Crippen LogP contribution in [0.1, 0.15) is 30.8 Å². The van der Waals surface area contributed by atoms with E-state index in [1.165, 1.54) is 18.0 Å². The van der Waals surface area contributed by atoms with Crippen LogP contribution in [-0.2, 0) is 13.5 Å². The fourth-order valence-electron chi connectivity index (χ4n) is 2.13. The third-order valence-electron chi connectivity index (χ3n) is 3.17. The molecule has 2 aromatic heterocycles. The molecular weight excluding hydrogens is 243 g/mol. The molecule has 0 aromatic carbocycles. The van der Waals surface area contributed by atoms with Gasteiger partial charge >= 0.3 is 0 Å². The van der Waals surface area contributed by atoms with Crippen LogP contribution in [0.5, 0.6) is 0 Å². The molecule has 0 amide bonds. The Morgan fingerprint density at radius 2 is 2.21 bits per heavy atom. The van der Waals surface area contributed by atoms with Crippen molar-refractivity contribution in [2.24, 2.45) is 7.05 Å². The van der Waals surface area contributed by atoms with Crippen molar-refractivity contribution in [3.63, 3.8) is 0 Å². The van der Waals surface area contributed by atoms with Gasteiger partial charge in [-0.15, -0.1) is 0 Å². The third kappa shape index (κ3) is 3.61. The Hall–Kier alpha value is -1.75. The molecule has 2 heterocycles. The summed E-state index contributed by atoms with van der Waals surface area (Å²) in [7, 11) is 1.94. The fraction of sp³-hybridized carbons (Fsp3) is 0.429. The maximum absolute atomic E-state index is 12.9. The van der Waals surface area contributed by atoms with Gasteiger partial charge in [-0.05, 0) is 37.6 Å². The van der Waals surface area contributed by atoms with Crippen molar-refractivity contribution in [3.8, 4) is 0 Å². The summed E-state index contributed by atoms with van der Waals surface area (Å²) >= 11 is 0. The molecule has 1 N–H and O–H groups in total. The van der Waals surface area contributed by atoms with E-state index < -0.39 is 0 Å². The summed E-state index contributed by atoms with van der Waals surface area (Å²) in [6, 6.07) is 5.35. The van der Waals surface area contributed by atoms with Crippen molar-refractivity contribution in [3.05, 3.63) is 47.8 Å². The summed E-state index contributed by atoms with van der Waals surface area (Å²) < 4.78 is 14.8. The minimum absolute atomic E-state index is 0.139. The maximum atomic E-state index is 12.9. The SMILES string of the molecule is CCNC(CCc1ccnn1C)c1ccc(F)cn1. The standard InChI is InChI=1S/C14H19FN4/c1-3-16-13(14-6-4-11(15)10-17-14)7-5-12-8-9-18-19(12)2/h4,6,8-10,13,16H,3,5,7H2,1-2H3. The summed E-state index contributed by atoms with van der Waals surface area (Å²) in [6.45, 7) is 2.91. The van der Waals surface area contributed by atoms with Crippen molar-refractivity contribution in [2.75, 3.05) is 6.54 Å². The number of pyridine rings is 1. The molecule has 0 radical (unpaired) electrons. The lowest BCUT2D eigenvalue weighted by atomic mass is 10.1. The van der Waals surface area contributed by atoms with Gasteiger partial charge in [-0.25, -0.2) is 4.39 Å². The Bertz CT molecular complexity index is 506. The van der Waals surface area contributed by atoms with Crippen LogP contribution in [0.15, 0.2) is 30.6 Å². The first-order valence-corrected chi connectivity index (χ1v) is 6.52. The van der Waals surface area contributed by atoms with Crippen LogP contribution in [0.25, 0.3) is 0 Å². The van der Waals surface area contributed by atoms with Gasteiger partial charge in [-0.3, -0.25) is 9.67 Å². The first kappa shape index (κ1) is 13.7. The number of aromatic nitrogens is 3. The van der Waals surface area contributed by atoms with Crippen molar-refractivity contribution >= 4 is 0 Å². The largest absolute Gasteiger partial charge is 0.309 e. The van der Waals surface area contributed by atoms with Gasteiger partial charge in [-0.2, -0.15) is 5.10 Å². The molecule has 102 valence electrons. The first-order chi connectivity index (χ1) is 9.20. The predicted molar refractivity (Wildman–Crippen MR) is 72.1 cm³/mol. The first-order valence-electron chi connectivity index (χ1n) is 6.52. The van der Waals surface area contributed by atoms with E-state index in [9.17, 15) is 4.39 Å². The molecule has 1 atom stereocenters. The monoisotopic (exact) mass is 262 g/mol. The van der Waals surface area contributed by atoms with Crippen molar-refractivity contribution in [1.82, 2.24) is 20.1 Å². The number of rotatable bonds is 6. The Balaban J connectivity index is 2.04. The molecule has 0 aliphatic rings. The molecule has 0 aliphatic heterocycles. The number of hydrogen-bond acceptors (Lipinski definition) is 3. The van der Waals surface area contributed by atoms with Crippen molar-refractivity contribution in [1.29, 1.82) is 0 Å². The molecule has 19 heavy (non-hydrogen) atoms. The Kier molecular flexibility index (Phi) is 4.63. The van der Waals surface area contributed by atoms with E-state index in [2.05, 4.69) is 22.3 Å². The summed E-state index contributed by atoms with van der Waals surface area (Å²) in [5.74, 6) is -0.300. The minimum Gasteiger partial charge on any atom is -0.309 e. The lowest BCUT2D eigenvalue weighted by Gasteiger charge is -2.17. The normalized spacial score (nSPS) is 12.6. The Morgan fingerprint density at radius 3 is 2.79 bits per heavy atom. The molecular formula is C14H19FN4. The van der Waals surface area contributed by atoms with Crippen LogP contribution in [0.2, 0.25) is 0 Å². The number of nitrogens with one attached hydrogen (secondary N) is 1. The van der Waals surface area contributed by atoms with Crippen LogP contribution in [-0.4, -0.2) is 21.3 Å². The van der Waals surface area contributed by atoms with Crippen LogP contribution in [0.3, 0.4) is 0 Å². The minimum atomic E-state index is -0.300. The molecule has 0 saturated carbocycles. The molecule has 0 spiro atoms. The Labute approximate surface area is 112 Å². The second-order valence-corrected chi connectivity index (χ2v) is 4.50. The molecule has 4 nitrogen and oxygen atoms in total. The van der Waals surface area contributed by atoms with Gasteiger partial charge < -0.3 is 5.32 Å². The molecule has 2 aromatic rings. The topological polar surface area (TPSA) is 42.7 Å². The van der Waals surface area contributed by atoms with E-state index in [-0.39, 0.29) is 11.9 Å². The van der Waals surface area contributed by atoms with E-state index in [4.69, 9.17) is 0 Å². The van der Waals surface area contributed by atoms with Crippen LogP contribution in [0, 0.1) is 5.82 Å². The summed E-state index contributed by atoms with van der Waals surface area (Å²) in [6.07, 6.45) is 4.89. The molecule has 0 bridgehead atoms. The van der Waals surface area contributed by atoms with E-state index in [0.29, 0.717) is 0 Å². The van der Waals surface area contributed by atoms with Gasteiger partial charge in [0.2, 0.25) is 0 Å². The summed E-state index contributed by atoms with van der Waals surface area (Å²) in [5, 5.41) is 7.54. The summed E-state index contributed by atoms with van der Waals surface area (Å²) in [5.41, 5.74) is 2.07. The molecule has 0 aliphatic carbocycles. The average Bonchev–Trinajstić information content (AvgIpc) is 2.81. The lowest BCUT2D eigenvalue weighted by Crippen LogP contribution is -2.22. The number of aryl methyl sites for hydroxylation is 2. The van der Waals surface area contributed by atoms with Gasteiger partial charge in [-0.1, -0.05) is 6.92 Å². The number of nitrogens with zero attached hydrogens (tertiary/aromatic N) is 3. The van der Waals surface area contributed by atoms with Crippen LogP contribution >= 0.6 is 0 Å². The highest BCUT2D eigenvalue weighted by molar-refractivity contribution is 5.11. The van der Waals surface area contributed by atoms with E-state index in [1.807, 2.05) is 17.8 Å². The lowest BCUT2D eigenvalue weighted by molar-refractivity contribution is 0.493. The maximum Gasteiger partial charge on any atom is 0.141 e.